The third kappa shape index (κ3) is 6.53. The summed E-state index contributed by atoms with van der Waals surface area (Å²) in [6.07, 6.45) is 11.8. The minimum Gasteiger partial charge on any atom is -0.396 e. The van der Waals surface area contributed by atoms with E-state index in [9.17, 15) is 15.0 Å². The molecule has 0 aliphatic carbocycles. The number of benzene rings is 4. The summed E-state index contributed by atoms with van der Waals surface area (Å²) in [6, 6.07) is 18.8. The average molecular weight is 566 g/mol. The van der Waals surface area contributed by atoms with E-state index in [1.165, 1.54) is 67.5 Å². The minimum absolute atomic E-state index is 0.178. The molecule has 0 radical (unpaired) electrons. The highest BCUT2D eigenvalue weighted by Crippen LogP contribution is 2.40. The van der Waals surface area contributed by atoms with Crippen molar-refractivity contribution >= 4 is 54.0 Å². The van der Waals surface area contributed by atoms with Gasteiger partial charge in [0.25, 0.3) is 0 Å². The van der Waals surface area contributed by atoms with E-state index in [2.05, 4.69) is 71.4 Å². The fourth-order valence-electron chi connectivity index (χ4n) is 5.76. The molecule has 4 heteroatoms. The number of hydrogen-bond acceptors (Lipinski definition) is 3. The third-order valence-corrected chi connectivity index (χ3v) is 8.93. The van der Waals surface area contributed by atoms with Crippen LogP contribution in [0.4, 0.5) is 0 Å². The third-order valence-electron chi connectivity index (χ3n) is 7.99. The van der Waals surface area contributed by atoms with Gasteiger partial charge in [-0.3, -0.25) is 4.79 Å². The van der Waals surface area contributed by atoms with Gasteiger partial charge in [0, 0.05) is 12.5 Å². The van der Waals surface area contributed by atoms with Crippen LogP contribution in [0.15, 0.2) is 54.6 Å². The van der Waals surface area contributed by atoms with Crippen LogP contribution in [0.5, 0.6) is 0 Å². The van der Waals surface area contributed by atoms with Crippen LogP contribution in [-0.4, -0.2) is 28.7 Å². The molecule has 3 atom stereocenters. The molecule has 0 aliphatic rings. The number of unbranched alkanes of at least 4 members (excludes halogenated alkanes) is 9. The summed E-state index contributed by atoms with van der Waals surface area (Å²) in [5.41, 5.74) is 0.866. The summed E-state index contributed by atoms with van der Waals surface area (Å²) >= 11 is 3.62. The maximum atomic E-state index is 13.4. The van der Waals surface area contributed by atoms with Gasteiger partial charge in [-0.1, -0.05) is 142 Å². The van der Waals surface area contributed by atoms with Crippen LogP contribution in [0.25, 0.3) is 32.3 Å². The molecule has 4 rings (SSSR count). The average Bonchev–Trinajstić information content (AvgIpc) is 2.93. The maximum Gasteiger partial charge on any atom is 0.179 e. The summed E-state index contributed by atoms with van der Waals surface area (Å²) in [5.74, 6) is -0.706. The number of aliphatic hydroxyl groups excluding tert-OH is 2. The Morgan fingerprint density at radius 1 is 0.757 bits per heavy atom. The molecule has 0 bridgehead atoms. The Morgan fingerprint density at radius 2 is 1.30 bits per heavy atom. The first kappa shape index (κ1) is 28.0. The minimum atomic E-state index is -1.19. The highest BCUT2D eigenvalue weighted by molar-refractivity contribution is 9.09. The van der Waals surface area contributed by atoms with E-state index in [1.807, 2.05) is 6.07 Å². The van der Waals surface area contributed by atoms with Gasteiger partial charge < -0.3 is 10.2 Å². The van der Waals surface area contributed by atoms with Crippen molar-refractivity contribution < 1.29 is 15.0 Å². The summed E-state index contributed by atoms with van der Waals surface area (Å²) in [7, 11) is 0. The number of Topliss-reactive ketones (excluding diaryl/α,β-unsaturated/α-hetero) is 1. The van der Waals surface area contributed by atoms with E-state index < -0.39 is 16.8 Å². The van der Waals surface area contributed by atoms with E-state index in [0.29, 0.717) is 6.42 Å². The molecule has 0 aromatic heterocycles. The van der Waals surface area contributed by atoms with Crippen LogP contribution < -0.4 is 0 Å². The summed E-state index contributed by atoms with van der Waals surface area (Å²) < 4.78 is 0. The van der Waals surface area contributed by atoms with E-state index in [-0.39, 0.29) is 12.4 Å². The van der Waals surface area contributed by atoms with E-state index >= 15 is 0 Å². The van der Waals surface area contributed by atoms with Gasteiger partial charge >= 0.3 is 0 Å². The molecule has 0 saturated carbocycles. The van der Waals surface area contributed by atoms with Crippen molar-refractivity contribution in [3.8, 4) is 0 Å². The smallest absolute Gasteiger partial charge is 0.179 e. The summed E-state index contributed by atoms with van der Waals surface area (Å²) in [4.78, 5) is 12.7. The summed E-state index contributed by atoms with van der Waals surface area (Å²) in [6.45, 7) is 2.07. The second kappa shape index (κ2) is 13.7. The van der Waals surface area contributed by atoms with Crippen LogP contribution in [0.2, 0.25) is 0 Å². The molecule has 198 valence electrons. The topological polar surface area (TPSA) is 57.5 Å². The second-order valence-corrected chi connectivity index (χ2v) is 11.5. The van der Waals surface area contributed by atoms with Crippen molar-refractivity contribution in [2.45, 2.75) is 88.5 Å². The molecular weight excluding hydrogens is 524 g/mol. The highest BCUT2D eigenvalue weighted by Gasteiger charge is 2.31. The van der Waals surface area contributed by atoms with E-state index in [1.54, 1.807) is 0 Å². The molecule has 2 N–H and O–H groups in total. The molecule has 3 unspecified atom stereocenters. The number of alkyl halides is 1. The largest absolute Gasteiger partial charge is 0.396 e. The van der Waals surface area contributed by atoms with Crippen LogP contribution >= 0.6 is 15.9 Å². The Labute approximate surface area is 229 Å². The second-order valence-electron chi connectivity index (χ2n) is 10.6. The molecule has 0 amide bonds. The maximum absolute atomic E-state index is 13.4. The molecule has 0 heterocycles. The first-order chi connectivity index (χ1) is 18.1. The zero-order chi connectivity index (χ0) is 26.2. The zero-order valence-electron chi connectivity index (χ0n) is 22.1. The summed E-state index contributed by atoms with van der Waals surface area (Å²) in [5, 5.41) is 27.8. The number of aliphatic hydroxyl groups is 2. The zero-order valence-corrected chi connectivity index (χ0v) is 23.7. The molecule has 0 spiro atoms. The van der Waals surface area contributed by atoms with Gasteiger partial charge in [-0.2, -0.15) is 0 Å². The molecule has 4 aromatic rings. The normalized spacial score (nSPS) is 14.5. The van der Waals surface area contributed by atoms with Crippen LogP contribution in [0.1, 0.15) is 87.9 Å². The molecule has 0 saturated heterocycles. The molecule has 0 aliphatic heterocycles. The molecular formula is C33H41BrO3. The van der Waals surface area contributed by atoms with Gasteiger partial charge in [-0.15, -0.1) is 0 Å². The number of hydrogen-bond donors (Lipinski definition) is 2. The van der Waals surface area contributed by atoms with Crippen molar-refractivity contribution in [1.29, 1.82) is 0 Å². The Balaban J connectivity index is 1.37. The van der Waals surface area contributed by atoms with Gasteiger partial charge in [-0.05, 0) is 44.3 Å². The standard InChI is InChI=1S/C33H41BrO3/c1-2-3-4-5-6-7-8-9-10-11-13-26(22-35)32(36)33(37)31(34)28-21-19-25-17-16-23-14-12-15-24-18-20-27(28)30(25)29(23)24/h12,14-21,26,31-32,35-36H,2-11,13,22H2,1H3. The van der Waals surface area contributed by atoms with Crippen molar-refractivity contribution in [2.24, 2.45) is 5.92 Å². The van der Waals surface area contributed by atoms with Crippen LogP contribution in [-0.2, 0) is 4.79 Å². The first-order valence-corrected chi connectivity index (χ1v) is 15.1. The van der Waals surface area contributed by atoms with Crippen LogP contribution in [0, 0.1) is 5.92 Å². The molecule has 4 aromatic carbocycles. The van der Waals surface area contributed by atoms with Crippen molar-refractivity contribution in [3.63, 3.8) is 0 Å². The monoisotopic (exact) mass is 564 g/mol. The Hall–Kier alpha value is -2.01. The number of rotatable bonds is 16. The lowest BCUT2D eigenvalue weighted by Crippen LogP contribution is -2.34. The van der Waals surface area contributed by atoms with Gasteiger partial charge in [0.1, 0.15) is 10.9 Å². The predicted octanol–water partition coefficient (Wildman–Crippen LogP) is 8.87. The SMILES string of the molecule is CCCCCCCCCCCCC(CO)C(O)C(=O)C(Br)c1ccc2ccc3cccc4ccc1c2c34. The van der Waals surface area contributed by atoms with E-state index in [4.69, 9.17) is 0 Å². The van der Waals surface area contributed by atoms with E-state index in [0.717, 1.165) is 34.6 Å². The quantitative estimate of drug-likeness (QED) is 0.0811. The first-order valence-electron chi connectivity index (χ1n) is 14.2. The molecule has 37 heavy (non-hydrogen) atoms. The Kier molecular flexibility index (Phi) is 10.4. The number of ketones is 1. The number of carbonyl (C=O) groups excluding carboxylic acids is 1. The number of halogens is 1. The predicted molar refractivity (Wildman–Crippen MR) is 160 cm³/mol. The lowest BCUT2D eigenvalue weighted by molar-refractivity contribution is -0.130. The lowest BCUT2D eigenvalue weighted by Gasteiger charge is -2.23. The van der Waals surface area contributed by atoms with Crippen molar-refractivity contribution in [2.75, 3.05) is 6.61 Å². The number of carbonyl (C=O) groups is 1. The van der Waals surface area contributed by atoms with Gasteiger partial charge in [0.2, 0.25) is 0 Å². The van der Waals surface area contributed by atoms with Crippen molar-refractivity contribution in [1.82, 2.24) is 0 Å². The van der Waals surface area contributed by atoms with Crippen molar-refractivity contribution in [3.05, 3.63) is 60.2 Å². The lowest BCUT2D eigenvalue weighted by atomic mass is 9.87. The van der Waals surface area contributed by atoms with Crippen LogP contribution in [0.3, 0.4) is 0 Å². The Bertz CT molecular complexity index is 1270. The Morgan fingerprint density at radius 3 is 1.92 bits per heavy atom. The molecule has 3 nitrogen and oxygen atoms in total. The fraction of sp³-hybridized carbons (Fsp3) is 0.485. The van der Waals surface area contributed by atoms with Gasteiger partial charge in [-0.25, -0.2) is 0 Å². The van der Waals surface area contributed by atoms with Gasteiger partial charge in [0.05, 0.1) is 0 Å². The highest BCUT2D eigenvalue weighted by atomic mass is 79.9. The fourth-order valence-corrected chi connectivity index (χ4v) is 6.43. The molecule has 0 fully saturated rings. The van der Waals surface area contributed by atoms with Gasteiger partial charge in [0.15, 0.2) is 5.78 Å².